The molecule has 0 N–H and O–H groups in total. The minimum Gasteiger partial charge on any atom is -0.496 e. The van der Waals surface area contributed by atoms with E-state index in [0.717, 1.165) is 22.2 Å². The first-order valence-corrected chi connectivity index (χ1v) is 9.86. The molecule has 1 aliphatic carbocycles. The molecular formula is C19H25IN2O4. The predicted octanol–water partition coefficient (Wildman–Crippen LogP) is 3.53. The molecule has 0 atom stereocenters. The van der Waals surface area contributed by atoms with Crippen LogP contribution in [0.3, 0.4) is 0 Å². The Kier molecular flexibility index (Phi) is 5.11. The van der Waals surface area contributed by atoms with Gasteiger partial charge in [-0.3, -0.25) is 4.79 Å². The molecule has 0 radical (unpaired) electrons. The number of nitrogens with zero attached hydrogens (tertiary/aromatic N) is 2. The molecule has 2 amide bonds. The Morgan fingerprint density at radius 2 is 1.88 bits per heavy atom. The van der Waals surface area contributed by atoms with Gasteiger partial charge >= 0.3 is 6.09 Å². The van der Waals surface area contributed by atoms with E-state index in [0.29, 0.717) is 25.2 Å². The van der Waals surface area contributed by atoms with Crippen LogP contribution in [0.15, 0.2) is 18.2 Å². The molecule has 1 heterocycles. The summed E-state index contributed by atoms with van der Waals surface area (Å²) < 4.78 is 11.7. The van der Waals surface area contributed by atoms with Gasteiger partial charge in [-0.15, -0.1) is 0 Å². The first kappa shape index (κ1) is 19.3. The monoisotopic (exact) mass is 472 g/mol. The van der Waals surface area contributed by atoms with Crippen molar-refractivity contribution in [1.82, 2.24) is 9.80 Å². The third-order valence-electron chi connectivity index (χ3n) is 4.77. The van der Waals surface area contributed by atoms with E-state index in [-0.39, 0.29) is 17.5 Å². The fraction of sp³-hybridized carbons (Fsp3) is 0.579. The van der Waals surface area contributed by atoms with Gasteiger partial charge in [-0.1, -0.05) is 0 Å². The predicted molar refractivity (Wildman–Crippen MR) is 107 cm³/mol. The number of ether oxygens (including phenoxy) is 2. The Morgan fingerprint density at radius 3 is 2.42 bits per heavy atom. The smallest absolute Gasteiger partial charge is 0.410 e. The molecule has 7 heteroatoms. The molecule has 1 saturated heterocycles. The lowest BCUT2D eigenvalue weighted by molar-refractivity contribution is 0.000631. The summed E-state index contributed by atoms with van der Waals surface area (Å²) in [6.07, 6.45) is 1.55. The van der Waals surface area contributed by atoms with Gasteiger partial charge in [-0.2, -0.15) is 0 Å². The standard InChI is InChI=1S/C19H25IN2O4/c1-18(2,3)26-17(24)21-9-10-22(19(12-21)7-8-19)16(23)13-5-6-15(25-4)14(20)11-13/h5-6,11H,7-10,12H2,1-4H3. The van der Waals surface area contributed by atoms with Crippen LogP contribution in [-0.4, -0.2) is 59.7 Å². The number of benzene rings is 1. The second kappa shape index (κ2) is 6.90. The number of halogens is 1. The molecule has 1 spiro atoms. The summed E-state index contributed by atoms with van der Waals surface area (Å²) in [6.45, 7) is 7.16. The van der Waals surface area contributed by atoms with E-state index in [1.54, 1.807) is 18.1 Å². The van der Waals surface area contributed by atoms with Crippen molar-refractivity contribution in [3.63, 3.8) is 0 Å². The van der Waals surface area contributed by atoms with Crippen LogP contribution in [0.25, 0.3) is 0 Å². The highest BCUT2D eigenvalue weighted by atomic mass is 127. The van der Waals surface area contributed by atoms with Crippen molar-refractivity contribution in [3.05, 3.63) is 27.3 Å². The van der Waals surface area contributed by atoms with E-state index in [4.69, 9.17) is 9.47 Å². The van der Waals surface area contributed by atoms with Gasteiger partial charge < -0.3 is 19.3 Å². The molecule has 2 aliphatic rings. The molecule has 26 heavy (non-hydrogen) atoms. The van der Waals surface area contributed by atoms with Crippen molar-refractivity contribution >= 4 is 34.6 Å². The molecule has 0 bridgehead atoms. The molecule has 142 valence electrons. The topological polar surface area (TPSA) is 59.1 Å². The third kappa shape index (κ3) is 3.92. The Balaban J connectivity index is 1.72. The minimum atomic E-state index is -0.513. The lowest BCUT2D eigenvalue weighted by Gasteiger charge is -2.42. The van der Waals surface area contributed by atoms with E-state index in [2.05, 4.69) is 22.6 Å². The maximum atomic E-state index is 13.1. The van der Waals surface area contributed by atoms with Crippen molar-refractivity contribution in [2.24, 2.45) is 0 Å². The van der Waals surface area contributed by atoms with Gasteiger partial charge in [0, 0.05) is 25.2 Å². The summed E-state index contributed by atoms with van der Waals surface area (Å²) in [5, 5.41) is 0. The van der Waals surface area contributed by atoms with Crippen LogP contribution >= 0.6 is 22.6 Å². The van der Waals surface area contributed by atoms with Crippen molar-refractivity contribution in [3.8, 4) is 5.75 Å². The number of rotatable bonds is 2. The van der Waals surface area contributed by atoms with E-state index in [1.807, 2.05) is 37.8 Å². The molecule has 2 fully saturated rings. The average Bonchev–Trinajstić information content (AvgIpc) is 3.32. The Hall–Kier alpha value is -1.51. The molecule has 3 rings (SSSR count). The summed E-state index contributed by atoms with van der Waals surface area (Å²) in [6, 6.07) is 5.49. The third-order valence-corrected chi connectivity index (χ3v) is 5.62. The van der Waals surface area contributed by atoms with Crippen molar-refractivity contribution in [2.75, 3.05) is 26.7 Å². The first-order chi connectivity index (χ1) is 12.1. The van der Waals surface area contributed by atoms with Gasteiger partial charge in [-0.05, 0) is 74.4 Å². The summed E-state index contributed by atoms with van der Waals surface area (Å²) in [5.74, 6) is 0.782. The van der Waals surface area contributed by atoms with Crippen LogP contribution in [0, 0.1) is 3.57 Å². The number of amides is 2. The number of hydrogen-bond acceptors (Lipinski definition) is 4. The molecule has 1 aliphatic heterocycles. The van der Waals surface area contributed by atoms with E-state index in [1.165, 1.54) is 0 Å². The van der Waals surface area contributed by atoms with Gasteiger partial charge in [0.25, 0.3) is 5.91 Å². The minimum absolute atomic E-state index is 0.0203. The van der Waals surface area contributed by atoms with E-state index in [9.17, 15) is 9.59 Å². The number of piperazine rings is 1. The van der Waals surface area contributed by atoms with Crippen LogP contribution in [0.2, 0.25) is 0 Å². The number of carbonyl (C=O) groups is 2. The molecular weight excluding hydrogens is 447 g/mol. The number of hydrogen-bond donors (Lipinski definition) is 0. The first-order valence-electron chi connectivity index (χ1n) is 8.79. The number of methoxy groups -OCH3 is 1. The maximum Gasteiger partial charge on any atom is 0.410 e. The van der Waals surface area contributed by atoms with Gasteiger partial charge in [-0.25, -0.2) is 4.79 Å². The fourth-order valence-corrected chi connectivity index (χ4v) is 4.04. The lowest BCUT2D eigenvalue weighted by atomic mass is 10.1. The Labute approximate surface area is 167 Å². The highest BCUT2D eigenvalue weighted by Gasteiger charge is 2.54. The normalized spacial score (nSPS) is 18.7. The van der Waals surface area contributed by atoms with Crippen LogP contribution < -0.4 is 4.74 Å². The zero-order valence-electron chi connectivity index (χ0n) is 15.7. The van der Waals surface area contributed by atoms with Gasteiger partial charge in [0.2, 0.25) is 0 Å². The Bertz CT molecular complexity index is 725. The molecule has 1 saturated carbocycles. The average molecular weight is 472 g/mol. The second-order valence-electron chi connectivity index (χ2n) is 7.93. The van der Waals surface area contributed by atoms with Crippen LogP contribution in [0.4, 0.5) is 4.79 Å². The van der Waals surface area contributed by atoms with E-state index < -0.39 is 5.60 Å². The maximum absolute atomic E-state index is 13.1. The highest BCUT2D eigenvalue weighted by molar-refractivity contribution is 14.1. The summed E-state index contributed by atoms with van der Waals surface area (Å²) in [4.78, 5) is 29.1. The highest BCUT2D eigenvalue weighted by Crippen LogP contribution is 2.45. The van der Waals surface area contributed by atoms with E-state index >= 15 is 0 Å². The number of carbonyl (C=O) groups excluding carboxylic acids is 2. The molecule has 1 aromatic rings. The van der Waals surface area contributed by atoms with Gasteiger partial charge in [0.15, 0.2) is 0 Å². The molecule has 6 nitrogen and oxygen atoms in total. The SMILES string of the molecule is COc1ccc(C(=O)N2CCN(C(=O)OC(C)(C)C)CC23CC3)cc1I. The van der Waals surface area contributed by atoms with Crippen molar-refractivity contribution in [1.29, 1.82) is 0 Å². The largest absolute Gasteiger partial charge is 0.496 e. The molecule has 0 aromatic heterocycles. The fourth-order valence-electron chi connectivity index (χ4n) is 3.30. The van der Waals surface area contributed by atoms with Crippen molar-refractivity contribution in [2.45, 2.75) is 44.8 Å². The van der Waals surface area contributed by atoms with Crippen LogP contribution in [0.5, 0.6) is 5.75 Å². The quantitative estimate of drug-likeness (QED) is 0.619. The van der Waals surface area contributed by atoms with Gasteiger partial charge in [0.1, 0.15) is 11.4 Å². The zero-order valence-corrected chi connectivity index (χ0v) is 17.8. The van der Waals surface area contributed by atoms with Gasteiger partial charge in [0.05, 0.1) is 16.2 Å². The summed E-state index contributed by atoms with van der Waals surface area (Å²) >= 11 is 2.17. The summed E-state index contributed by atoms with van der Waals surface area (Å²) in [5.41, 5.74) is -0.0924. The molecule has 0 unspecified atom stereocenters. The second-order valence-corrected chi connectivity index (χ2v) is 9.09. The van der Waals surface area contributed by atoms with Crippen molar-refractivity contribution < 1.29 is 19.1 Å². The van der Waals surface area contributed by atoms with Crippen LogP contribution in [-0.2, 0) is 4.74 Å². The lowest BCUT2D eigenvalue weighted by Crippen LogP contribution is -2.58. The zero-order chi connectivity index (χ0) is 19.1. The molecule has 1 aromatic carbocycles. The summed E-state index contributed by atoms with van der Waals surface area (Å²) in [7, 11) is 1.62. The Morgan fingerprint density at radius 1 is 1.19 bits per heavy atom. The van der Waals surface area contributed by atoms with Crippen LogP contribution in [0.1, 0.15) is 44.0 Å².